The van der Waals surface area contributed by atoms with E-state index in [0.717, 1.165) is 11.3 Å². The molecular weight excluding hydrogens is 341 g/mol. The van der Waals surface area contributed by atoms with Crippen LogP contribution in [0.1, 0.15) is 43.6 Å². The van der Waals surface area contributed by atoms with Crippen LogP contribution >= 0.6 is 11.6 Å². The zero-order valence-corrected chi connectivity index (χ0v) is 15.9. The first-order valence-electron chi connectivity index (χ1n) is 8.02. The highest BCUT2D eigenvalue weighted by Gasteiger charge is 2.27. The van der Waals surface area contributed by atoms with E-state index >= 15 is 0 Å². The lowest BCUT2D eigenvalue weighted by molar-refractivity contribution is -0.117. The smallest absolute Gasteiger partial charge is 0.244 e. The number of benzene rings is 1. The Morgan fingerprint density at radius 1 is 1.32 bits per heavy atom. The van der Waals surface area contributed by atoms with Crippen molar-refractivity contribution in [2.24, 2.45) is 12.5 Å². The van der Waals surface area contributed by atoms with Crippen molar-refractivity contribution in [3.63, 3.8) is 0 Å². The summed E-state index contributed by atoms with van der Waals surface area (Å²) in [6.07, 6.45) is 3.10. The number of aromatic nitrogens is 2. The van der Waals surface area contributed by atoms with E-state index in [1.165, 1.54) is 18.2 Å². The van der Waals surface area contributed by atoms with Gasteiger partial charge in [-0.3, -0.25) is 9.48 Å². The van der Waals surface area contributed by atoms with Gasteiger partial charge in [0, 0.05) is 18.7 Å². The minimum Gasteiger partial charge on any atom is -0.345 e. The molecule has 0 bridgehead atoms. The molecule has 0 saturated heterocycles. The van der Waals surface area contributed by atoms with Gasteiger partial charge in [-0.05, 0) is 36.1 Å². The Bertz CT molecular complexity index is 788. The van der Waals surface area contributed by atoms with Gasteiger partial charge in [0.2, 0.25) is 5.91 Å². The van der Waals surface area contributed by atoms with Crippen molar-refractivity contribution in [1.29, 1.82) is 0 Å². The Kier molecular flexibility index (Phi) is 5.68. The molecule has 0 fully saturated rings. The fourth-order valence-corrected chi connectivity index (χ4v) is 2.88. The number of hydrogen-bond acceptors (Lipinski definition) is 2. The summed E-state index contributed by atoms with van der Waals surface area (Å²) in [6, 6.07) is 5.93. The van der Waals surface area contributed by atoms with Crippen molar-refractivity contribution in [2.45, 2.75) is 33.7 Å². The molecule has 0 aliphatic rings. The molecule has 0 aliphatic carbocycles. The second kappa shape index (κ2) is 7.40. The molecule has 134 valence electrons. The third kappa shape index (κ3) is 4.69. The molecule has 0 aliphatic heterocycles. The average Bonchev–Trinajstić information content (AvgIpc) is 2.76. The van der Waals surface area contributed by atoms with E-state index in [4.69, 9.17) is 11.6 Å². The monoisotopic (exact) mass is 363 g/mol. The van der Waals surface area contributed by atoms with E-state index in [1.54, 1.807) is 29.9 Å². The van der Waals surface area contributed by atoms with Crippen molar-refractivity contribution >= 4 is 23.6 Å². The predicted octanol–water partition coefficient (Wildman–Crippen LogP) is 4.44. The van der Waals surface area contributed by atoms with Crippen LogP contribution in [-0.2, 0) is 11.8 Å². The van der Waals surface area contributed by atoms with Gasteiger partial charge in [-0.1, -0.05) is 44.5 Å². The van der Waals surface area contributed by atoms with Gasteiger partial charge in [0.1, 0.15) is 11.0 Å². The third-order valence-corrected chi connectivity index (χ3v) is 4.40. The maximum atomic E-state index is 13.2. The Balaban J connectivity index is 2.20. The number of hydrogen-bond donors (Lipinski definition) is 1. The summed E-state index contributed by atoms with van der Waals surface area (Å²) < 4.78 is 14.7. The SMILES string of the molecule is Cc1nn(C)c(Cl)c1/C=C/C(=O)NC(c1ccc(F)cc1)C(C)(C)C. The Morgan fingerprint density at radius 2 is 1.92 bits per heavy atom. The van der Waals surface area contributed by atoms with E-state index in [9.17, 15) is 9.18 Å². The molecule has 1 N–H and O–H groups in total. The average molecular weight is 364 g/mol. The molecule has 1 aromatic heterocycles. The minimum absolute atomic E-state index is 0.233. The summed E-state index contributed by atoms with van der Waals surface area (Å²) >= 11 is 6.17. The number of nitrogens with one attached hydrogen (secondary N) is 1. The van der Waals surface area contributed by atoms with Gasteiger partial charge < -0.3 is 5.32 Å². The quantitative estimate of drug-likeness (QED) is 0.816. The van der Waals surface area contributed by atoms with Crippen LogP contribution in [0.4, 0.5) is 4.39 Å². The molecule has 0 radical (unpaired) electrons. The molecule has 1 heterocycles. The molecule has 1 atom stereocenters. The fourth-order valence-electron chi connectivity index (χ4n) is 2.64. The third-order valence-electron chi connectivity index (χ3n) is 3.95. The van der Waals surface area contributed by atoms with Gasteiger partial charge in [-0.15, -0.1) is 0 Å². The highest BCUT2D eigenvalue weighted by Crippen LogP contribution is 2.32. The normalized spacial score (nSPS) is 13.2. The van der Waals surface area contributed by atoms with Gasteiger partial charge in [-0.25, -0.2) is 4.39 Å². The van der Waals surface area contributed by atoms with Crippen LogP contribution < -0.4 is 5.32 Å². The van der Waals surface area contributed by atoms with Crippen LogP contribution in [0.15, 0.2) is 30.3 Å². The Labute approximate surface area is 152 Å². The highest BCUT2D eigenvalue weighted by atomic mass is 35.5. The van der Waals surface area contributed by atoms with Gasteiger partial charge in [-0.2, -0.15) is 5.10 Å². The van der Waals surface area contributed by atoms with Crippen LogP contribution in [0.3, 0.4) is 0 Å². The van der Waals surface area contributed by atoms with E-state index < -0.39 is 0 Å². The van der Waals surface area contributed by atoms with E-state index in [2.05, 4.69) is 10.4 Å². The number of carbonyl (C=O) groups excluding carboxylic acids is 1. The molecule has 4 nitrogen and oxygen atoms in total. The lowest BCUT2D eigenvalue weighted by Crippen LogP contribution is -2.35. The topological polar surface area (TPSA) is 46.9 Å². The predicted molar refractivity (Wildman–Crippen MR) is 98.7 cm³/mol. The van der Waals surface area contributed by atoms with Crippen LogP contribution in [0.25, 0.3) is 6.08 Å². The summed E-state index contributed by atoms with van der Waals surface area (Å²) in [4.78, 5) is 12.4. The summed E-state index contributed by atoms with van der Waals surface area (Å²) in [7, 11) is 1.75. The molecule has 0 spiro atoms. The van der Waals surface area contributed by atoms with E-state index in [1.807, 2.05) is 27.7 Å². The second-order valence-corrected chi connectivity index (χ2v) is 7.46. The molecule has 2 aromatic rings. The molecule has 1 unspecified atom stereocenters. The molecule has 6 heteroatoms. The summed E-state index contributed by atoms with van der Waals surface area (Å²) in [5, 5.41) is 7.68. The molecule has 1 amide bonds. The number of amides is 1. The Hall–Kier alpha value is -2.14. The van der Waals surface area contributed by atoms with Gasteiger partial charge in [0.05, 0.1) is 11.7 Å². The van der Waals surface area contributed by atoms with Crippen molar-refractivity contribution in [1.82, 2.24) is 15.1 Å². The summed E-state index contributed by atoms with van der Waals surface area (Å²) in [6.45, 7) is 7.90. The second-order valence-electron chi connectivity index (χ2n) is 7.11. The maximum Gasteiger partial charge on any atom is 0.244 e. The standard InChI is InChI=1S/C19H23ClFN3O/c1-12-15(18(20)24(5)23-12)10-11-16(25)22-17(19(2,3)4)13-6-8-14(21)9-7-13/h6-11,17H,1-5H3,(H,22,25)/b11-10+. The largest absolute Gasteiger partial charge is 0.345 e. The van der Waals surface area contributed by atoms with Crippen molar-refractivity contribution in [3.05, 3.63) is 58.1 Å². The number of carbonyl (C=O) groups is 1. The minimum atomic E-state index is -0.302. The molecule has 25 heavy (non-hydrogen) atoms. The lowest BCUT2D eigenvalue weighted by Gasteiger charge is -2.31. The zero-order chi connectivity index (χ0) is 18.8. The van der Waals surface area contributed by atoms with Gasteiger partial charge >= 0.3 is 0 Å². The summed E-state index contributed by atoms with van der Waals surface area (Å²) in [5.41, 5.74) is 2.09. The van der Waals surface area contributed by atoms with E-state index in [-0.39, 0.29) is 23.2 Å². The number of rotatable bonds is 4. The number of aryl methyl sites for hydroxylation is 2. The molecule has 2 rings (SSSR count). The number of halogens is 2. The summed E-state index contributed by atoms with van der Waals surface area (Å²) in [5.74, 6) is -0.548. The van der Waals surface area contributed by atoms with E-state index in [0.29, 0.717) is 10.7 Å². The van der Waals surface area contributed by atoms with Crippen molar-refractivity contribution in [2.75, 3.05) is 0 Å². The number of nitrogens with zero attached hydrogens (tertiary/aromatic N) is 2. The molecular formula is C19H23ClFN3O. The Morgan fingerprint density at radius 3 is 2.40 bits per heavy atom. The molecule has 1 aromatic carbocycles. The van der Waals surface area contributed by atoms with Crippen LogP contribution in [-0.4, -0.2) is 15.7 Å². The fraction of sp³-hybridized carbons (Fsp3) is 0.368. The first kappa shape index (κ1) is 19.2. The van der Waals surface area contributed by atoms with Gasteiger partial charge in [0.15, 0.2) is 0 Å². The first-order chi connectivity index (χ1) is 11.6. The molecule has 0 saturated carbocycles. The van der Waals surface area contributed by atoms with Crippen molar-refractivity contribution < 1.29 is 9.18 Å². The van der Waals surface area contributed by atoms with Gasteiger partial charge in [0.25, 0.3) is 0 Å². The lowest BCUT2D eigenvalue weighted by atomic mass is 9.82. The van der Waals surface area contributed by atoms with Crippen LogP contribution in [0, 0.1) is 18.2 Å². The van der Waals surface area contributed by atoms with Crippen molar-refractivity contribution in [3.8, 4) is 0 Å². The zero-order valence-electron chi connectivity index (χ0n) is 15.1. The maximum absolute atomic E-state index is 13.2. The highest BCUT2D eigenvalue weighted by molar-refractivity contribution is 6.31. The first-order valence-corrected chi connectivity index (χ1v) is 8.40. The van der Waals surface area contributed by atoms with Crippen LogP contribution in [0.5, 0.6) is 0 Å². The van der Waals surface area contributed by atoms with Crippen LogP contribution in [0.2, 0.25) is 5.15 Å².